The van der Waals surface area contributed by atoms with Crippen LogP contribution in [-0.2, 0) is 0 Å². The van der Waals surface area contributed by atoms with Gasteiger partial charge in [-0.05, 0) is 55.7 Å². The van der Waals surface area contributed by atoms with Crippen molar-refractivity contribution in [2.75, 3.05) is 0 Å². The normalized spacial score (nSPS) is 17.2. The molecule has 1 aromatic heterocycles. The molecule has 0 bridgehead atoms. The van der Waals surface area contributed by atoms with Gasteiger partial charge in [0.25, 0.3) is 0 Å². The second kappa shape index (κ2) is 13.4. The van der Waals surface area contributed by atoms with E-state index in [4.69, 9.17) is 0 Å². The number of nitrogens with zero attached hydrogens (tertiary/aromatic N) is 1. The summed E-state index contributed by atoms with van der Waals surface area (Å²) in [5, 5.41) is 0. The van der Waals surface area contributed by atoms with Gasteiger partial charge in [0, 0.05) is 17.5 Å². The number of rotatable bonds is 12. The molecule has 0 amide bonds. The predicted molar refractivity (Wildman–Crippen MR) is 129 cm³/mol. The summed E-state index contributed by atoms with van der Waals surface area (Å²) in [7, 11) is 0. The fraction of sp³-hybridized carbons (Fsp3) is 0.536. The highest BCUT2D eigenvalue weighted by Gasteiger charge is 2.20. The van der Waals surface area contributed by atoms with Crippen molar-refractivity contribution in [3.05, 3.63) is 72.1 Å². The molecule has 0 aliphatic heterocycles. The first-order chi connectivity index (χ1) is 14.2. The van der Waals surface area contributed by atoms with Gasteiger partial charge in [0.2, 0.25) is 0 Å². The fourth-order valence-electron chi connectivity index (χ4n) is 4.64. The van der Waals surface area contributed by atoms with E-state index in [2.05, 4.69) is 56.6 Å². The van der Waals surface area contributed by atoms with Crippen LogP contribution in [0.4, 0.5) is 0 Å². The van der Waals surface area contributed by atoms with Gasteiger partial charge in [-0.1, -0.05) is 101 Å². The van der Waals surface area contributed by atoms with Gasteiger partial charge in [0.05, 0.1) is 0 Å². The van der Waals surface area contributed by atoms with E-state index in [0.717, 1.165) is 24.0 Å². The van der Waals surface area contributed by atoms with Crippen molar-refractivity contribution in [3.8, 4) is 0 Å². The van der Waals surface area contributed by atoms with Crippen molar-refractivity contribution >= 4 is 5.57 Å². The molecule has 1 unspecified atom stereocenters. The molecule has 1 aliphatic carbocycles. The van der Waals surface area contributed by atoms with E-state index in [-0.39, 0.29) is 0 Å². The molecule has 29 heavy (non-hydrogen) atoms. The largest absolute Gasteiger partial charge is 0.261 e. The van der Waals surface area contributed by atoms with E-state index in [1.807, 2.05) is 24.4 Å². The Bertz CT molecular complexity index is 701. The van der Waals surface area contributed by atoms with Crippen molar-refractivity contribution in [1.29, 1.82) is 0 Å². The highest BCUT2D eigenvalue weighted by atomic mass is 14.7. The third-order valence-electron chi connectivity index (χ3n) is 6.50. The smallest absolute Gasteiger partial charge is 0.0451 e. The quantitative estimate of drug-likeness (QED) is 0.257. The first kappa shape index (κ1) is 23.4. The Morgan fingerprint density at radius 1 is 1.21 bits per heavy atom. The van der Waals surface area contributed by atoms with Crippen LogP contribution in [-0.4, -0.2) is 4.98 Å². The third kappa shape index (κ3) is 7.80. The number of hydrogen-bond acceptors (Lipinski definition) is 1. The summed E-state index contributed by atoms with van der Waals surface area (Å²) in [4.78, 5) is 4.50. The lowest BCUT2D eigenvalue weighted by Crippen LogP contribution is -2.07. The van der Waals surface area contributed by atoms with Crippen LogP contribution in [0.3, 0.4) is 0 Å². The molecule has 158 valence electrons. The molecular formula is C28H41N. The van der Waals surface area contributed by atoms with E-state index < -0.39 is 0 Å². The minimum atomic E-state index is 0.937. The number of aryl methyl sites for hydroxylation is 1. The van der Waals surface area contributed by atoms with Crippen LogP contribution in [0, 0.1) is 18.8 Å². The minimum absolute atomic E-state index is 0.937. The van der Waals surface area contributed by atoms with Gasteiger partial charge in [0.15, 0.2) is 0 Å². The number of unbranched alkanes of at least 4 members (excludes halogenated alkanes) is 4. The number of aromatic nitrogens is 1. The van der Waals surface area contributed by atoms with E-state index in [1.54, 1.807) is 0 Å². The average molecular weight is 392 g/mol. The second-order valence-corrected chi connectivity index (χ2v) is 8.61. The van der Waals surface area contributed by atoms with Crippen LogP contribution >= 0.6 is 0 Å². The summed E-state index contributed by atoms with van der Waals surface area (Å²) in [6.45, 7) is 10.5. The van der Waals surface area contributed by atoms with Gasteiger partial charge < -0.3 is 0 Å². The minimum Gasteiger partial charge on any atom is -0.261 e. The second-order valence-electron chi connectivity index (χ2n) is 8.61. The van der Waals surface area contributed by atoms with E-state index in [9.17, 15) is 0 Å². The van der Waals surface area contributed by atoms with Crippen molar-refractivity contribution < 1.29 is 0 Å². The monoisotopic (exact) mass is 391 g/mol. The van der Waals surface area contributed by atoms with Gasteiger partial charge in [-0.15, -0.1) is 0 Å². The van der Waals surface area contributed by atoms with Gasteiger partial charge in [-0.3, -0.25) is 4.98 Å². The van der Waals surface area contributed by atoms with Crippen LogP contribution in [0.25, 0.3) is 5.57 Å². The summed E-state index contributed by atoms with van der Waals surface area (Å²) in [5.41, 5.74) is 4.86. The maximum atomic E-state index is 4.50. The number of pyridine rings is 1. The van der Waals surface area contributed by atoms with E-state index in [1.165, 1.54) is 74.5 Å². The molecular weight excluding hydrogens is 350 g/mol. The molecule has 0 radical (unpaired) electrons. The van der Waals surface area contributed by atoms with Crippen LogP contribution < -0.4 is 0 Å². The van der Waals surface area contributed by atoms with E-state index in [0.29, 0.717) is 0 Å². The van der Waals surface area contributed by atoms with Gasteiger partial charge in [0.1, 0.15) is 0 Å². The lowest BCUT2D eigenvalue weighted by atomic mass is 9.88. The molecule has 1 heterocycles. The first-order valence-electron chi connectivity index (χ1n) is 11.7. The summed E-state index contributed by atoms with van der Waals surface area (Å²) in [5.74, 6) is 1.96. The average Bonchev–Trinajstić information content (AvgIpc) is 3.27. The Kier molecular flexibility index (Phi) is 10.8. The lowest BCUT2D eigenvalue weighted by Gasteiger charge is -2.18. The van der Waals surface area contributed by atoms with Crippen LogP contribution in [0.15, 0.2) is 60.9 Å². The van der Waals surface area contributed by atoms with Crippen LogP contribution in [0.5, 0.6) is 0 Å². The molecule has 1 fully saturated rings. The molecule has 1 nitrogen and oxygen atoms in total. The SMILES string of the molecule is C=C\C=C/C(=C\C)C(=C/CCCCCCC(C)C1CCCC1)/c1cccnc1C. The van der Waals surface area contributed by atoms with Crippen LogP contribution in [0.2, 0.25) is 0 Å². The first-order valence-corrected chi connectivity index (χ1v) is 11.7. The molecule has 0 N–H and O–H groups in total. The summed E-state index contributed by atoms with van der Waals surface area (Å²) in [6, 6.07) is 4.22. The summed E-state index contributed by atoms with van der Waals surface area (Å²) >= 11 is 0. The molecule has 0 spiro atoms. The molecule has 1 heteroatoms. The van der Waals surface area contributed by atoms with Crippen molar-refractivity contribution in [2.24, 2.45) is 11.8 Å². The fourth-order valence-corrected chi connectivity index (χ4v) is 4.64. The molecule has 1 aromatic rings. The highest BCUT2D eigenvalue weighted by molar-refractivity contribution is 5.82. The van der Waals surface area contributed by atoms with Crippen molar-refractivity contribution in [1.82, 2.24) is 4.98 Å². The molecule has 2 rings (SSSR count). The van der Waals surface area contributed by atoms with Crippen LogP contribution in [0.1, 0.15) is 89.3 Å². The topological polar surface area (TPSA) is 12.9 Å². The standard InChI is InChI=1S/C28H41N/c1-5-7-17-25(6-2)28(27-21-15-22-29-24(27)4)20-12-10-8-9-11-16-23(3)26-18-13-14-19-26/h5-7,15,17,20-23,26H,1,8-14,16,18-19H2,2-4H3/b17-7-,25-6+,28-20-. The number of allylic oxidation sites excluding steroid dienone is 7. The zero-order valence-electron chi connectivity index (χ0n) is 19.0. The molecule has 1 saturated carbocycles. The Labute approximate surface area is 179 Å². The highest BCUT2D eigenvalue weighted by Crippen LogP contribution is 2.33. The van der Waals surface area contributed by atoms with Crippen molar-refractivity contribution in [2.45, 2.75) is 85.0 Å². The number of hydrogen-bond donors (Lipinski definition) is 0. The summed E-state index contributed by atoms with van der Waals surface area (Å²) in [6.07, 6.45) is 26.3. The zero-order chi connectivity index (χ0) is 20.9. The maximum Gasteiger partial charge on any atom is 0.0451 e. The molecule has 1 atom stereocenters. The Balaban J connectivity index is 1.86. The summed E-state index contributed by atoms with van der Waals surface area (Å²) < 4.78 is 0. The Morgan fingerprint density at radius 3 is 2.66 bits per heavy atom. The molecule has 0 saturated heterocycles. The van der Waals surface area contributed by atoms with Gasteiger partial charge in [-0.25, -0.2) is 0 Å². The zero-order valence-corrected chi connectivity index (χ0v) is 19.0. The molecule has 1 aliphatic rings. The van der Waals surface area contributed by atoms with Crippen molar-refractivity contribution in [3.63, 3.8) is 0 Å². The molecule has 0 aromatic carbocycles. The van der Waals surface area contributed by atoms with Gasteiger partial charge in [-0.2, -0.15) is 0 Å². The Hall–Kier alpha value is -1.89. The Morgan fingerprint density at radius 2 is 1.97 bits per heavy atom. The van der Waals surface area contributed by atoms with E-state index >= 15 is 0 Å². The van der Waals surface area contributed by atoms with Gasteiger partial charge >= 0.3 is 0 Å². The lowest BCUT2D eigenvalue weighted by molar-refractivity contribution is 0.334. The third-order valence-corrected chi connectivity index (χ3v) is 6.50. The maximum absolute atomic E-state index is 4.50. The predicted octanol–water partition coefficient (Wildman–Crippen LogP) is 8.63.